The van der Waals surface area contributed by atoms with Gasteiger partial charge in [0.25, 0.3) is 0 Å². The van der Waals surface area contributed by atoms with Crippen molar-refractivity contribution in [3.8, 4) is 0 Å². The molecule has 0 bridgehead atoms. The Hall–Kier alpha value is -1.46. The van der Waals surface area contributed by atoms with Crippen LogP contribution in [0.3, 0.4) is 0 Å². The van der Waals surface area contributed by atoms with Crippen molar-refractivity contribution in [3.63, 3.8) is 0 Å². The molecule has 1 atom stereocenters. The fourth-order valence-corrected chi connectivity index (χ4v) is 1.84. The summed E-state index contributed by atoms with van der Waals surface area (Å²) in [6.45, 7) is 4.58. The van der Waals surface area contributed by atoms with Crippen LogP contribution in [0.4, 0.5) is 4.39 Å². The molecule has 0 amide bonds. The van der Waals surface area contributed by atoms with Gasteiger partial charge >= 0.3 is 5.97 Å². The highest BCUT2D eigenvalue weighted by Gasteiger charge is 2.10. The van der Waals surface area contributed by atoms with Crippen molar-refractivity contribution in [2.75, 3.05) is 6.54 Å². The van der Waals surface area contributed by atoms with Gasteiger partial charge in [-0.05, 0) is 30.5 Å². The van der Waals surface area contributed by atoms with Crippen LogP contribution in [0.25, 0.3) is 0 Å². The minimum absolute atomic E-state index is 0.0564. The molecule has 4 nitrogen and oxygen atoms in total. The van der Waals surface area contributed by atoms with Crippen molar-refractivity contribution in [2.45, 2.75) is 32.9 Å². The van der Waals surface area contributed by atoms with Gasteiger partial charge in [-0.15, -0.1) is 0 Å². The number of hydrogen-bond acceptors (Lipinski definition) is 3. The van der Waals surface area contributed by atoms with Crippen LogP contribution in [-0.2, 0) is 6.54 Å². The van der Waals surface area contributed by atoms with E-state index in [4.69, 9.17) is 5.11 Å². The lowest BCUT2D eigenvalue weighted by Gasteiger charge is -2.14. The Bertz CT molecular complexity index is 435. The molecule has 1 rings (SSSR count). The maximum absolute atomic E-state index is 13.5. The molecule has 0 aliphatic heterocycles. The van der Waals surface area contributed by atoms with Crippen molar-refractivity contribution in [3.05, 3.63) is 35.1 Å². The third-order valence-corrected chi connectivity index (χ3v) is 2.73. The van der Waals surface area contributed by atoms with Crippen LogP contribution >= 0.6 is 0 Å². The van der Waals surface area contributed by atoms with E-state index in [0.717, 1.165) is 6.07 Å². The molecule has 3 N–H and O–H groups in total. The van der Waals surface area contributed by atoms with Gasteiger partial charge in [0.05, 0.1) is 11.7 Å². The number of hydrogen-bond donors (Lipinski definition) is 3. The molecule has 0 fully saturated rings. The topological polar surface area (TPSA) is 69.6 Å². The highest BCUT2D eigenvalue weighted by molar-refractivity contribution is 5.87. The number of aromatic carboxylic acids is 1. The second kappa shape index (κ2) is 7.21. The van der Waals surface area contributed by atoms with Gasteiger partial charge in [0, 0.05) is 18.7 Å². The number of nitrogens with one attached hydrogen (secondary N) is 1. The number of rotatable bonds is 7. The molecule has 0 aliphatic carbocycles. The summed E-state index contributed by atoms with van der Waals surface area (Å²) < 4.78 is 13.5. The maximum Gasteiger partial charge on any atom is 0.335 e. The van der Waals surface area contributed by atoms with Gasteiger partial charge in [-0.25, -0.2) is 9.18 Å². The van der Waals surface area contributed by atoms with E-state index in [1.807, 2.05) is 13.8 Å². The summed E-state index contributed by atoms with van der Waals surface area (Å²) in [6, 6.07) is 3.68. The molecule has 5 heteroatoms. The summed E-state index contributed by atoms with van der Waals surface area (Å²) in [4.78, 5) is 10.8. The third kappa shape index (κ3) is 5.36. The number of aliphatic hydroxyl groups excluding tert-OH is 1. The highest BCUT2D eigenvalue weighted by Crippen LogP contribution is 2.11. The number of carbonyl (C=O) groups is 1. The van der Waals surface area contributed by atoms with E-state index < -0.39 is 17.9 Å². The van der Waals surface area contributed by atoms with Gasteiger partial charge in [0.15, 0.2) is 0 Å². The highest BCUT2D eigenvalue weighted by atomic mass is 19.1. The fourth-order valence-electron chi connectivity index (χ4n) is 1.84. The molecule has 0 spiro atoms. The van der Waals surface area contributed by atoms with Gasteiger partial charge in [-0.1, -0.05) is 13.8 Å². The molecule has 1 unspecified atom stereocenters. The molecule has 0 aromatic heterocycles. The van der Waals surface area contributed by atoms with E-state index in [1.165, 1.54) is 12.1 Å². The number of aliphatic hydroxyl groups is 1. The van der Waals surface area contributed by atoms with E-state index in [0.29, 0.717) is 18.9 Å². The molecule has 19 heavy (non-hydrogen) atoms. The Morgan fingerprint density at radius 1 is 1.42 bits per heavy atom. The van der Waals surface area contributed by atoms with Crippen molar-refractivity contribution in [1.29, 1.82) is 0 Å². The van der Waals surface area contributed by atoms with E-state index in [1.54, 1.807) is 0 Å². The van der Waals surface area contributed by atoms with Crippen LogP contribution in [0, 0.1) is 11.7 Å². The molecular weight excluding hydrogens is 249 g/mol. The van der Waals surface area contributed by atoms with Crippen molar-refractivity contribution >= 4 is 5.97 Å². The normalized spacial score (nSPS) is 12.7. The summed E-state index contributed by atoms with van der Waals surface area (Å²) in [6.07, 6.45) is 0.190. The number of carboxylic acid groups (broad SMARTS) is 1. The lowest BCUT2D eigenvalue weighted by atomic mass is 10.1. The Morgan fingerprint density at radius 2 is 2.11 bits per heavy atom. The molecule has 1 aromatic rings. The summed E-state index contributed by atoms with van der Waals surface area (Å²) in [7, 11) is 0. The summed E-state index contributed by atoms with van der Waals surface area (Å²) >= 11 is 0. The first-order chi connectivity index (χ1) is 8.90. The second-order valence-corrected chi connectivity index (χ2v) is 5.03. The molecule has 1 aromatic carbocycles. The first-order valence-electron chi connectivity index (χ1n) is 6.30. The quantitative estimate of drug-likeness (QED) is 0.708. The van der Waals surface area contributed by atoms with E-state index in [-0.39, 0.29) is 17.7 Å². The number of benzene rings is 1. The van der Waals surface area contributed by atoms with Gasteiger partial charge in [0.1, 0.15) is 5.82 Å². The monoisotopic (exact) mass is 269 g/mol. The largest absolute Gasteiger partial charge is 0.478 e. The van der Waals surface area contributed by atoms with Crippen LogP contribution in [0.5, 0.6) is 0 Å². The van der Waals surface area contributed by atoms with Crippen LogP contribution in [0.15, 0.2) is 18.2 Å². The smallest absolute Gasteiger partial charge is 0.335 e. The molecule has 0 aliphatic rings. The number of carboxylic acids is 1. The predicted molar refractivity (Wildman–Crippen MR) is 70.5 cm³/mol. The summed E-state index contributed by atoms with van der Waals surface area (Å²) in [5.74, 6) is -1.14. The van der Waals surface area contributed by atoms with Gasteiger partial charge in [0.2, 0.25) is 0 Å². The molecule has 0 heterocycles. The molecule has 0 radical (unpaired) electrons. The zero-order valence-electron chi connectivity index (χ0n) is 11.2. The molecule has 106 valence electrons. The molecule has 0 saturated heterocycles. The average Bonchev–Trinajstić information content (AvgIpc) is 2.30. The lowest BCUT2D eigenvalue weighted by molar-refractivity contribution is 0.0696. The first kappa shape index (κ1) is 15.6. The number of halogens is 1. The fraction of sp³-hybridized carbons (Fsp3) is 0.500. The van der Waals surface area contributed by atoms with Crippen LogP contribution in [0.2, 0.25) is 0 Å². The van der Waals surface area contributed by atoms with Gasteiger partial charge in [-0.2, -0.15) is 0 Å². The summed E-state index contributed by atoms with van der Waals surface area (Å²) in [5.41, 5.74) is 0.345. The standard InChI is InChI=1S/C14H20FNO3/c1-9(2)5-12(17)8-16-7-11-6-10(14(18)19)3-4-13(11)15/h3-4,6,9,12,16-17H,5,7-8H2,1-2H3,(H,18,19). The molecular formula is C14H20FNO3. The SMILES string of the molecule is CC(C)CC(O)CNCc1cc(C(=O)O)ccc1F. The Labute approximate surface area is 112 Å². The third-order valence-electron chi connectivity index (χ3n) is 2.73. The zero-order valence-corrected chi connectivity index (χ0v) is 11.2. The maximum atomic E-state index is 13.5. The van der Waals surface area contributed by atoms with Crippen molar-refractivity contribution in [1.82, 2.24) is 5.32 Å². The van der Waals surface area contributed by atoms with Crippen molar-refractivity contribution < 1.29 is 19.4 Å². The average molecular weight is 269 g/mol. The first-order valence-corrected chi connectivity index (χ1v) is 6.30. The Morgan fingerprint density at radius 3 is 2.68 bits per heavy atom. The lowest BCUT2D eigenvalue weighted by Crippen LogP contribution is -2.27. The van der Waals surface area contributed by atoms with Gasteiger partial charge < -0.3 is 15.5 Å². The molecule has 0 saturated carbocycles. The van der Waals surface area contributed by atoms with E-state index >= 15 is 0 Å². The van der Waals surface area contributed by atoms with E-state index in [2.05, 4.69) is 5.32 Å². The predicted octanol–water partition coefficient (Wildman–Crippen LogP) is 2.02. The Kier molecular flexibility index (Phi) is 5.92. The zero-order chi connectivity index (χ0) is 14.4. The Balaban J connectivity index is 2.53. The minimum Gasteiger partial charge on any atom is -0.478 e. The van der Waals surface area contributed by atoms with Gasteiger partial charge in [-0.3, -0.25) is 0 Å². The second-order valence-electron chi connectivity index (χ2n) is 5.03. The van der Waals surface area contributed by atoms with Crippen LogP contribution in [0.1, 0.15) is 36.2 Å². The summed E-state index contributed by atoms with van der Waals surface area (Å²) in [5, 5.41) is 21.4. The minimum atomic E-state index is -1.08. The van der Waals surface area contributed by atoms with E-state index in [9.17, 15) is 14.3 Å². The van der Waals surface area contributed by atoms with Crippen LogP contribution < -0.4 is 5.32 Å². The van der Waals surface area contributed by atoms with Crippen LogP contribution in [-0.4, -0.2) is 28.8 Å². The van der Waals surface area contributed by atoms with Crippen molar-refractivity contribution in [2.24, 2.45) is 5.92 Å².